The molecule has 1 aliphatic carbocycles. The van der Waals surface area contributed by atoms with Crippen molar-refractivity contribution in [1.82, 2.24) is 5.32 Å². The Hall–Kier alpha value is -2.33. The van der Waals surface area contributed by atoms with E-state index in [0.29, 0.717) is 12.8 Å². The first-order chi connectivity index (χ1) is 11.2. The van der Waals surface area contributed by atoms with Crippen LogP contribution in [0.3, 0.4) is 0 Å². The third kappa shape index (κ3) is 3.54. The SMILES string of the molecule is COc1ccc(CCC(=O)N[C@@H]2Cc3ccccc3[C@H]2N)cc1. The van der Waals surface area contributed by atoms with Gasteiger partial charge in [-0.3, -0.25) is 4.79 Å². The van der Waals surface area contributed by atoms with Gasteiger partial charge in [-0.05, 0) is 41.7 Å². The van der Waals surface area contributed by atoms with Crippen LogP contribution in [-0.2, 0) is 17.6 Å². The largest absolute Gasteiger partial charge is 0.497 e. The predicted molar refractivity (Wildman–Crippen MR) is 90.3 cm³/mol. The van der Waals surface area contributed by atoms with Crippen molar-refractivity contribution in [2.75, 3.05) is 7.11 Å². The normalized spacial score (nSPS) is 19.2. The molecule has 1 amide bonds. The maximum atomic E-state index is 12.2. The smallest absolute Gasteiger partial charge is 0.220 e. The second-order valence-corrected chi connectivity index (χ2v) is 5.95. The lowest BCUT2D eigenvalue weighted by atomic mass is 10.1. The van der Waals surface area contributed by atoms with Crippen LogP contribution in [0.4, 0.5) is 0 Å². The standard InChI is InChI=1S/C19H22N2O2/c1-23-15-9-6-13(7-10-15)8-11-18(22)21-17-12-14-4-2-3-5-16(14)19(17)20/h2-7,9-10,17,19H,8,11-12,20H2,1H3,(H,21,22)/t17-,19-/m1/s1. The van der Waals surface area contributed by atoms with Gasteiger partial charge in [-0.25, -0.2) is 0 Å². The van der Waals surface area contributed by atoms with Crippen molar-refractivity contribution in [1.29, 1.82) is 0 Å². The Labute approximate surface area is 136 Å². The quantitative estimate of drug-likeness (QED) is 0.891. The lowest BCUT2D eigenvalue weighted by molar-refractivity contribution is -0.121. The number of ether oxygens (including phenoxy) is 1. The van der Waals surface area contributed by atoms with Gasteiger partial charge < -0.3 is 15.8 Å². The predicted octanol–water partition coefficient (Wildman–Crippen LogP) is 2.37. The van der Waals surface area contributed by atoms with E-state index in [9.17, 15) is 4.79 Å². The van der Waals surface area contributed by atoms with Crippen LogP contribution >= 0.6 is 0 Å². The van der Waals surface area contributed by atoms with Gasteiger partial charge in [-0.2, -0.15) is 0 Å². The van der Waals surface area contributed by atoms with Crippen molar-refractivity contribution < 1.29 is 9.53 Å². The van der Waals surface area contributed by atoms with E-state index in [1.54, 1.807) is 7.11 Å². The summed E-state index contributed by atoms with van der Waals surface area (Å²) in [6.45, 7) is 0. The van der Waals surface area contributed by atoms with Crippen LogP contribution in [0.15, 0.2) is 48.5 Å². The highest BCUT2D eigenvalue weighted by Gasteiger charge is 2.30. The topological polar surface area (TPSA) is 64.3 Å². The van der Waals surface area contributed by atoms with E-state index in [1.807, 2.05) is 42.5 Å². The highest BCUT2D eigenvalue weighted by molar-refractivity contribution is 5.77. The van der Waals surface area contributed by atoms with Gasteiger partial charge in [0.05, 0.1) is 19.2 Å². The van der Waals surface area contributed by atoms with Gasteiger partial charge in [-0.15, -0.1) is 0 Å². The van der Waals surface area contributed by atoms with Crippen LogP contribution in [0.25, 0.3) is 0 Å². The highest BCUT2D eigenvalue weighted by atomic mass is 16.5. The summed E-state index contributed by atoms with van der Waals surface area (Å²) in [7, 11) is 1.64. The molecule has 0 aromatic heterocycles. The number of carbonyl (C=O) groups is 1. The van der Waals surface area contributed by atoms with E-state index in [0.717, 1.165) is 23.3 Å². The Balaban J connectivity index is 1.52. The van der Waals surface area contributed by atoms with Crippen molar-refractivity contribution in [3.05, 3.63) is 65.2 Å². The number of amides is 1. The average Bonchev–Trinajstić information content (AvgIpc) is 2.90. The number of rotatable bonds is 5. The van der Waals surface area contributed by atoms with E-state index < -0.39 is 0 Å². The number of carbonyl (C=O) groups excluding carboxylic acids is 1. The molecule has 0 spiro atoms. The molecular weight excluding hydrogens is 288 g/mol. The molecule has 4 nitrogen and oxygen atoms in total. The Morgan fingerprint density at radius 3 is 2.65 bits per heavy atom. The van der Waals surface area contributed by atoms with Crippen LogP contribution in [0.1, 0.15) is 29.2 Å². The summed E-state index contributed by atoms with van der Waals surface area (Å²) in [5.41, 5.74) is 9.76. The number of fused-ring (bicyclic) bond motifs is 1. The molecule has 23 heavy (non-hydrogen) atoms. The Bertz CT molecular complexity index is 682. The molecule has 0 unspecified atom stereocenters. The van der Waals surface area contributed by atoms with Gasteiger partial charge >= 0.3 is 0 Å². The van der Waals surface area contributed by atoms with Crippen molar-refractivity contribution >= 4 is 5.91 Å². The molecule has 0 aliphatic heterocycles. The zero-order valence-electron chi connectivity index (χ0n) is 13.3. The van der Waals surface area contributed by atoms with E-state index in [4.69, 9.17) is 10.5 Å². The summed E-state index contributed by atoms with van der Waals surface area (Å²) < 4.78 is 5.13. The third-order valence-corrected chi connectivity index (χ3v) is 4.43. The maximum Gasteiger partial charge on any atom is 0.220 e. The molecule has 0 saturated heterocycles. The minimum absolute atomic E-state index is 0.00392. The van der Waals surface area contributed by atoms with Gasteiger partial charge in [0.2, 0.25) is 5.91 Å². The molecule has 1 aliphatic rings. The molecule has 0 radical (unpaired) electrons. The Morgan fingerprint density at radius 1 is 1.22 bits per heavy atom. The fourth-order valence-corrected chi connectivity index (χ4v) is 3.10. The lowest BCUT2D eigenvalue weighted by Gasteiger charge is -2.18. The van der Waals surface area contributed by atoms with Crippen LogP contribution in [0.2, 0.25) is 0 Å². The van der Waals surface area contributed by atoms with Crippen molar-refractivity contribution in [2.45, 2.75) is 31.3 Å². The Kier molecular flexibility index (Phi) is 4.63. The second kappa shape index (κ2) is 6.84. The average molecular weight is 310 g/mol. The minimum Gasteiger partial charge on any atom is -0.497 e. The van der Waals surface area contributed by atoms with Crippen molar-refractivity contribution in [3.63, 3.8) is 0 Å². The molecule has 0 fully saturated rings. The van der Waals surface area contributed by atoms with E-state index >= 15 is 0 Å². The minimum atomic E-state index is -0.115. The van der Waals surface area contributed by atoms with Gasteiger partial charge in [-0.1, -0.05) is 36.4 Å². The molecule has 4 heteroatoms. The summed E-state index contributed by atoms with van der Waals surface area (Å²) in [5.74, 6) is 0.877. The molecule has 0 saturated carbocycles. The number of hydrogen-bond acceptors (Lipinski definition) is 3. The summed E-state index contributed by atoms with van der Waals surface area (Å²) in [5, 5.41) is 3.08. The number of benzene rings is 2. The van der Waals surface area contributed by atoms with Crippen LogP contribution in [0, 0.1) is 0 Å². The third-order valence-electron chi connectivity index (χ3n) is 4.43. The van der Waals surface area contributed by atoms with Crippen molar-refractivity contribution in [2.24, 2.45) is 5.73 Å². The van der Waals surface area contributed by atoms with E-state index in [1.165, 1.54) is 5.56 Å². The first-order valence-corrected chi connectivity index (χ1v) is 7.93. The highest BCUT2D eigenvalue weighted by Crippen LogP contribution is 2.29. The van der Waals surface area contributed by atoms with Gasteiger partial charge in [0.15, 0.2) is 0 Å². The Morgan fingerprint density at radius 2 is 1.96 bits per heavy atom. The molecule has 3 rings (SSSR count). The maximum absolute atomic E-state index is 12.2. The summed E-state index contributed by atoms with van der Waals surface area (Å²) in [6.07, 6.45) is 1.99. The molecule has 0 bridgehead atoms. The van der Waals surface area contributed by atoms with Gasteiger partial charge in [0.25, 0.3) is 0 Å². The van der Waals surface area contributed by atoms with Crippen molar-refractivity contribution in [3.8, 4) is 5.75 Å². The molecule has 2 atom stereocenters. The summed E-state index contributed by atoms with van der Waals surface area (Å²) in [4.78, 5) is 12.2. The fourth-order valence-electron chi connectivity index (χ4n) is 3.10. The van der Waals surface area contributed by atoms with Crippen LogP contribution in [0.5, 0.6) is 5.75 Å². The zero-order chi connectivity index (χ0) is 16.2. The number of nitrogens with one attached hydrogen (secondary N) is 1. The fraction of sp³-hybridized carbons (Fsp3) is 0.316. The number of methoxy groups -OCH3 is 1. The lowest BCUT2D eigenvalue weighted by Crippen LogP contribution is -2.40. The molecule has 2 aromatic rings. The molecule has 0 heterocycles. The van der Waals surface area contributed by atoms with Gasteiger partial charge in [0.1, 0.15) is 5.75 Å². The number of nitrogens with two attached hydrogens (primary N) is 1. The molecular formula is C19H22N2O2. The van der Waals surface area contributed by atoms with E-state index in [2.05, 4.69) is 11.4 Å². The number of aryl methyl sites for hydroxylation is 1. The second-order valence-electron chi connectivity index (χ2n) is 5.95. The summed E-state index contributed by atoms with van der Waals surface area (Å²) >= 11 is 0. The van der Waals surface area contributed by atoms with Crippen LogP contribution < -0.4 is 15.8 Å². The first-order valence-electron chi connectivity index (χ1n) is 7.93. The molecule has 2 aromatic carbocycles. The zero-order valence-corrected chi connectivity index (χ0v) is 13.3. The van der Waals surface area contributed by atoms with Crippen LogP contribution in [-0.4, -0.2) is 19.1 Å². The van der Waals surface area contributed by atoms with E-state index in [-0.39, 0.29) is 18.0 Å². The summed E-state index contributed by atoms with van der Waals surface area (Å²) in [6, 6.07) is 15.8. The monoisotopic (exact) mass is 310 g/mol. The molecule has 3 N–H and O–H groups in total. The van der Waals surface area contributed by atoms with Gasteiger partial charge in [0, 0.05) is 6.42 Å². The first kappa shape index (κ1) is 15.6. The number of hydrogen-bond donors (Lipinski definition) is 2. The molecule has 120 valence electrons.